The van der Waals surface area contributed by atoms with Gasteiger partial charge in [0, 0.05) is 51.9 Å². The third-order valence-electron chi connectivity index (χ3n) is 11.1. The number of anilines is 4. The summed E-state index contributed by atoms with van der Waals surface area (Å²) in [5.41, 5.74) is 0.761. The Hall–Kier alpha value is -7.48. The number of carbonyl (C=O) groups is 4. The van der Waals surface area contributed by atoms with Crippen LogP contribution in [0.2, 0.25) is 15.3 Å². The molecule has 2 aromatic carbocycles. The molecule has 2 aliphatic rings. The molecule has 94 heavy (non-hydrogen) atoms. The summed E-state index contributed by atoms with van der Waals surface area (Å²) in [5.74, 6) is 3.04. The molecule has 0 radical (unpaired) electrons. The number of hydrogen-bond donors (Lipinski definition) is 7. The molecule has 2 unspecified atom stereocenters. The Morgan fingerprint density at radius 3 is 2.14 bits per heavy atom. The Morgan fingerprint density at radius 1 is 0.936 bits per heavy atom. The number of nitrogens with one attached hydrogen (secondary N) is 5. The normalized spacial score (nSPS) is 13.3. The molecule has 7 N–H and O–H groups in total. The SMILES string of the molecule is C#CCOc1cc(-n2nc3n(c2=O)CCCC3)c(Cl)cc1Cl.CC1COc2ccccc2N1C(=O)C(Cl)Cl.CCNc1nc(Cl)nc(NC(C)C)n1.COc1cc(OC)nc(NC(=O)NS(=O)(=O)c2ncccc2C(=O)N(C)C)n1.C[S+](C)C.O=C(O)CNCP(=O)([O-])O. The highest BCUT2D eigenvalue weighted by atomic mass is 35.5. The monoisotopic (exact) mass is 1470 g/mol. The number of methoxy groups -OCH3 is 2. The van der Waals surface area contributed by atoms with Gasteiger partial charge in [-0.3, -0.25) is 29.6 Å². The number of urea groups is 1. The summed E-state index contributed by atoms with van der Waals surface area (Å²) >= 11 is 29.3. The van der Waals surface area contributed by atoms with Crippen molar-refractivity contribution in [3.63, 3.8) is 0 Å². The van der Waals surface area contributed by atoms with Gasteiger partial charge in [0.25, 0.3) is 21.8 Å². The van der Waals surface area contributed by atoms with Crippen LogP contribution in [0, 0.1) is 12.3 Å². The number of hydrogen-bond acceptors (Lipinski definition) is 23. The Balaban J connectivity index is 0.000000313. The number of carboxylic acids is 1. The number of pyridine rings is 1. The maximum atomic E-state index is 12.5. The Kier molecular flexibility index (Phi) is 33.8. The molecule has 0 bridgehead atoms. The van der Waals surface area contributed by atoms with Crippen molar-refractivity contribution in [2.45, 2.75) is 75.4 Å². The van der Waals surface area contributed by atoms with E-state index < -0.39 is 58.2 Å². The number of aromatic nitrogens is 9. The van der Waals surface area contributed by atoms with Crippen LogP contribution in [0.25, 0.3) is 5.69 Å². The molecule has 8 rings (SSSR count). The molecule has 0 saturated carbocycles. The van der Waals surface area contributed by atoms with E-state index in [1.165, 1.54) is 68.4 Å². The van der Waals surface area contributed by atoms with E-state index in [0.29, 0.717) is 63.2 Å². The molecule has 6 heterocycles. The van der Waals surface area contributed by atoms with Crippen LogP contribution in [0.1, 0.15) is 56.7 Å². The number of nitrogens with zero attached hydrogens (tertiary/aromatic N) is 11. The molecular weight excluding hydrogens is 1400 g/mol. The first-order valence-corrected chi connectivity index (χ1v) is 35.3. The van der Waals surface area contributed by atoms with Crippen LogP contribution < -0.4 is 60.4 Å². The zero-order chi connectivity index (χ0) is 70.6. The smallest absolute Gasteiger partial charge is 0.350 e. The van der Waals surface area contributed by atoms with Crippen LogP contribution in [-0.4, -0.2) is 188 Å². The summed E-state index contributed by atoms with van der Waals surface area (Å²) in [6, 6.07) is 13.6. The predicted octanol–water partition coefficient (Wildman–Crippen LogP) is 5.83. The topological polar surface area (TPSA) is 404 Å². The molecule has 0 saturated heterocycles. The van der Waals surface area contributed by atoms with Gasteiger partial charge in [-0.15, -0.1) is 11.5 Å². The summed E-state index contributed by atoms with van der Waals surface area (Å²) in [6.07, 6.45) is 15.0. The molecule has 39 heteroatoms. The average molecular weight is 1470 g/mol. The lowest BCUT2D eigenvalue weighted by Gasteiger charge is -2.35. The molecule has 0 fully saturated rings. The number of carboxylic acid groups (broad SMARTS) is 1. The van der Waals surface area contributed by atoms with E-state index in [9.17, 15) is 41.8 Å². The summed E-state index contributed by atoms with van der Waals surface area (Å²) in [7, 11) is -2.56. The minimum absolute atomic E-state index is 0.0672. The third-order valence-corrected chi connectivity index (χ3v) is 14.2. The van der Waals surface area contributed by atoms with Crippen LogP contribution in [-0.2, 0) is 48.0 Å². The van der Waals surface area contributed by atoms with E-state index in [1.807, 2.05) is 57.3 Å². The van der Waals surface area contributed by atoms with Crippen LogP contribution >= 0.6 is 65.6 Å². The van der Waals surface area contributed by atoms with Gasteiger partial charge in [-0.25, -0.2) is 19.3 Å². The van der Waals surface area contributed by atoms with Gasteiger partial charge in [0.15, 0.2) is 9.86 Å². The second-order valence-electron chi connectivity index (χ2n) is 19.9. The lowest BCUT2D eigenvalue weighted by atomic mass is 10.1. The largest absolute Gasteiger partial charge is 0.778 e. The molecule has 0 spiro atoms. The number of halogens is 5. The van der Waals surface area contributed by atoms with Gasteiger partial charge < -0.3 is 58.8 Å². The van der Waals surface area contributed by atoms with Gasteiger partial charge in [0.05, 0.1) is 84.9 Å². The van der Waals surface area contributed by atoms with Crippen molar-refractivity contribution < 1.29 is 66.0 Å². The fourth-order valence-corrected chi connectivity index (χ4v) is 9.72. The summed E-state index contributed by atoms with van der Waals surface area (Å²) < 4.78 is 60.5. The number of aliphatic carboxylic acids is 1. The summed E-state index contributed by atoms with van der Waals surface area (Å²) in [4.78, 5) is 102. The molecule has 4 amide bonds. The maximum Gasteiger partial charge on any atom is 0.350 e. The highest BCUT2D eigenvalue weighted by Crippen LogP contribution is 2.35. The van der Waals surface area contributed by atoms with Crippen molar-refractivity contribution in [1.29, 1.82) is 0 Å². The van der Waals surface area contributed by atoms with E-state index >= 15 is 0 Å². The molecule has 6 aromatic rings. The molecule has 31 nitrogen and oxygen atoms in total. The van der Waals surface area contributed by atoms with Crippen LogP contribution in [0.15, 0.2) is 70.6 Å². The first-order valence-electron chi connectivity index (χ1n) is 27.6. The van der Waals surface area contributed by atoms with E-state index in [2.05, 4.69) is 75.6 Å². The first-order chi connectivity index (χ1) is 44.2. The molecule has 2 aliphatic heterocycles. The lowest BCUT2D eigenvalue weighted by Crippen LogP contribution is -2.47. The van der Waals surface area contributed by atoms with Crippen molar-refractivity contribution in [2.24, 2.45) is 0 Å². The quantitative estimate of drug-likeness (QED) is 0.0230. The molecule has 4 aromatic heterocycles. The zero-order valence-corrected chi connectivity index (χ0v) is 59.0. The molecule has 0 aliphatic carbocycles. The van der Waals surface area contributed by atoms with Gasteiger partial charge in [-0.05, 0) is 93.4 Å². The number of alkyl halides is 2. The zero-order valence-electron chi connectivity index (χ0n) is 52.7. The van der Waals surface area contributed by atoms with Crippen molar-refractivity contribution in [3.05, 3.63) is 98.0 Å². The fraction of sp³-hybridized carbons (Fsp3) is 0.418. The van der Waals surface area contributed by atoms with Gasteiger partial charge in [0.1, 0.15) is 38.1 Å². The van der Waals surface area contributed by atoms with Crippen LogP contribution in [0.4, 0.5) is 28.3 Å². The Bertz CT molecular complexity index is 3760. The number of fused-ring (bicyclic) bond motifs is 2. The van der Waals surface area contributed by atoms with Gasteiger partial charge >= 0.3 is 17.7 Å². The number of carbonyl (C=O) groups excluding carboxylic acids is 3. The predicted molar refractivity (Wildman–Crippen MR) is 359 cm³/mol. The number of para-hydroxylation sites is 2. The molecule has 514 valence electrons. The number of aryl methyl sites for hydroxylation is 1. The fourth-order valence-electron chi connectivity index (χ4n) is 7.40. The summed E-state index contributed by atoms with van der Waals surface area (Å²) in [6.45, 7) is 9.35. The highest BCUT2D eigenvalue weighted by molar-refractivity contribution is 7.94. The van der Waals surface area contributed by atoms with E-state index in [4.69, 9.17) is 93.4 Å². The summed E-state index contributed by atoms with van der Waals surface area (Å²) in [5, 5.41) is 22.8. The molecule has 2 atom stereocenters. The number of sulfonamides is 1. The number of benzene rings is 2. The minimum Gasteiger partial charge on any atom is -0.778 e. The standard InChI is InChI=1S/C15H13Cl2N3O2.C15H18N6O6S.C11H11Cl2NO2.C8H14ClN5.C3H8NO5P.C3H9S/c1-2-7-22-13-9-12(10(16)8-11(13)17)20-15(21)19-6-4-3-5-14(19)18-20;1-21(2)13(22)9-6-5-7-16-12(9)28(24,25)20-15(23)19-14-17-10(26-3)8-11(18-14)27-4;1-7-6-16-9-5-3-2-4-8(9)14(7)11(15)10(12)13;1-4-10-7-12-6(9)13-8(14-7)11-5(2)3;5-3(6)1-4-2-10(7,8)9;1-4(2)3/h1,8-9H,3-7H2;5-8H,1-4H3,(H2,17,18,19,20,23);2-5,7,10H,6H2,1H3;5H,4H2,1-3H3,(H2,10,11,12,13,14);4H,1-2H2,(H,5,6)(H2,7,8,9);1-3H3/q;;;;;+1/p-1. The lowest BCUT2D eigenvalue weighted by molar-refractivity contribution is -0.193. The van der Waals surface area contributed by atoms with Crippen LogP contribution in [0.5, 0.6) is 23.3 Å². The first kappa shape index (κ1) is 80.8. The minimum atomic E-state index is -4.46. The Labute approximate surface area is 570 Å². The van der Waals surface area contributed by atoms with Crippen molar-refractivity contribution in [2.75, 3.05) is 101 Å². The van der Waals surface area contributed by atoms with E-state index in [0.717, 1.165) is 37.3 Å². The second-order valence-corrected chi connectivity index (χ2v) is 27.8. The second kappa shape index (κ2) is 39.4. The number of terminal acetylenes is 1. The van der Waals surface area contributed by atoms with Gasteiger partial charge in [0.2, 0.25) is 34.9 Å². The molecular formula is C55H72Cl5N16O15PS2. The van der Waals surface area contributed by atoms with Gasteiger partial charge in [-0.2, -0.15) is 38.0 Å². The van der Waals surface area contributed by atoms with Gasteiger partial charge in [-0.1, -0.05) is 64.5 Å². The maximum absolute atomic E-state index is 12.5. The third kappa shape index (κ3) is 27.1. The van der Waals surface area contributed by atoms with E-state index in [-0.39, 0.29) is 58.8 Å². The highest BCUT2D eigenvalue weighted by Gasteiger charge is 2.32. The van der Waals surface area contributed by atoms with Crippen molar-refractivity contribution >= 4 is 134 Å². The number of amides is 4. The average Bonchev–Trinajstić information content (AvgIpc) is 1.49. The van der Waals surface area contributed by atoms with Crippen molar-refractivity contribution in [1.82, 2.24) is 59.2 Å². The Morgan fingerprint density at radius 2 is 1.57 bits per heavy atom. The van der Waals surface area contributed by atoms with Crippen LogP contribution in [0.3, 0.4) is 0 Å². The van der Waals surface area contributed by atoms with E-state index in [1.54, 1.807) is 20.3 Å². The van der Waals surface area contributed by atoms with Crippen molar-refractivity contribution in [3.8, 4) is 41.3 Å². The number of ether oxygens (including phenoxy) is 4. The number of rotatable bonds is 18.